The first-order chi connectivity index (χ1) is 8.22. The maximum atomic E-state index is 12.4. The highest BCUT2D eigenvalue weighted by atomic mass is 16.5. The van der Waals surface area contributed by atoms with Gasteiger partial charge in [0.05, 0.1) is 11.8 Å². The molecule has 1 aliphatic heterocycles. The second-order valence-corrected chi connectivity index (χ2v) is 4.22. The van der Waals surface area contributed by atoms with Crippen LogP contribution in [0.1, 0.15) is 30.1 Å². The second kappa shape index (κ2) is 4.98. The first kappa shape index (κ1) is 12.3. The number of ether oxygens (including phenoxy) is 2. The molecule has 1 aromatic rings. The van der Waals surface area contributed by atoms with E-state index in [9.17, 15) is 4.79 Å². The van der Waals surface area contributed by atoms with E-state index in [0.717, 1.165) is 6.54 Å². The molecule has 17 heavy (non-hydrogen) atoms. The lowest BCUT2D eigenvalue weighted by atomic mass is 9.87. The van der Waals surface area contributed by atoms with Crippen LogP contribution in [-0.2, 0) is 16.0 Å². The van der Waals surface area contributed by atoms with Crippen LogP contribution >= 0.6 is 0 Å². The molecular weight excluding hydrogens is 220 g/mol. The van der Waals surface area contributed by atoms with Gasteiger partial charge in [-0.15, -0.1) is 0 Å². The molecule has 0 amide bonds. The molecule has 0 saturated carbocycles. The van der Waals surface area contributed by atoms with Gasteiger partial charge in [0, 0.05) is 45.9 Å². The summed E-state index contributed by atoms with van der Waals surface area (Å²) in [4.78, 5) is 12.4. The molecule has 2 rings (SSSR count). The van der Waals surface area contributed by atoms with Gasteiger partial charge in [-0.1, -0.05) is 0 Å². The van der Waals surface area contributed by atoms with E-state index < -0.39 is 5.60 Å². The van der Waals surface area contributed by atoms with Crippen molar-refractivity contribution < 1.29 is 14.3 Å². The van der Waals surface area contributed by atoms with E-state index >= 15 is 0 Å². The molecular formula is C12H18N2O3. The molecule has 0 N–H and O–H groups in total. The molecule has 5 nitrogen and oxygen atoms in total. The minimum Gasteiger partial charge on any atom is -0.381 e. The van der Waals surface area contributed by atoms with Gasteiger partial charge in [-0.2, -0.15) is 5.10 Å². The maximum absolute atomic E-state index is 12.4. The topological polar surface area (TPSA) is 53.4 Å². The van der Waals surface area contributed by atoms with Gasteiger partial charge in [0.1, 0.15) is 5.60 Å². The summed E-state index contributed by atoms with van der Waals surface area (Å²) in [6, 6.07) is 0. The maximum Gasteiger partial charge on any atom is 0.197 e. The molecule has 0 aliphatic carbocycles. The highest BCUT2D eigenvalue weighted by molar-refractivity contribution is 6.02. The van der Waals surface area contributed by atoms with Crippen molar-refractivity contribution in [1.29, 1.82) is 0 Å². The Labute approximate surface area is 101 Å². The van der Waals surface area contributed by atoms with Crippen LogP contribution in [0.25, 0.3) is 0 Å². The van der Waals surface area contributed by atoms with Crippen LogP contribution in [0.2, 0.25) is 0 Å². The number of hydrogen-bond acceptors (Lipinski definition) is 4. The van der Waals surface area contributed by atoms with Gasteiger partial charge in [0.25, 0.3) is 0 Å². The largest absolute Gasteiger partial charge is 0.381 e. The molecule has 2 heterocycles. The summed E-state index contributed by atoms with van der Waals surface area (Å²) in [5.74, 6) is 0.0167. The number of methoxy groups -OCH3 is 1. The summed E-state index contributed by atoms with van der Waals surface area (Å²) < 4.78 is 12.5. The van der Waals surface area contributed by atoms with Gasteiger partial charge in [0.2, 0.25) is 0 Å². The third kappa shape index (κ3) is 2.25. The molecule has 94 valence electrons. The summed E-state index contributed by atoms with van der Waals surface area (Å²) in [7, 11) is 1.59. The average Bonchev–Trinajstić information content (AvgIpc) is 2.87. The zero-order chi connectivity index (χ0) is 12.3. The average molecular weight is 238 g/mol. The van der Waals surface area contributed by atoms with Crippen LogP contribution in [0.4, 0.5) is 0 Å². The Hall–Kier alpha value is -1.20. The summed E-state index contributed by atoms with van der Waals surface area (Å²) in [5.41, 5.74) is -0.101. The molecule has 1 aliphatic rings. The van der Waals surface area contributed by atoms with Gasteiger partial charge < -0.3 is 9.47 Å². The van der Waals surface area contributed by atoms with Gasteiger partial charge in [0.15, 0.2) is 5.78 Å². The van der Waals surface area contributed by atoms with Crippen molar-refractivity contribution in [2.75, 3.05) is 20.3 Å². The fourth-order valence-electron chi connectivity index (χ4n) is 2.14. The monoisotopic (exact) mass is 238 g/mol. The molecule has 0 aromatic carbocycles. The molecule has 0 bridgehead atoms. The predicted molar refractivity (Wildman–Crippen MR) is 62.0 cm³/mol. The fraction of sp³-hybridized carbons (Fsp3) is 0.667. The molecule has 1 saturated heterocycles. The molecule has 0 spiro atoms. The van der Waals surface area contributed by atoms with E-state index in [0.29, 0.717) is 31.6 Å². The summed E-state index contributed by atoms with van der Waals surface area (Å²) >= 11 is 0. The smallest absolute Gasteiger partial charge is 0.197 e. The van der Waals surface area contributed by atoms with Crippen molar-refractivity contribution in [3.05, 3.63) is 18.0 Å². The number of rotatable bonds is 4. The molecule has 1 aromatic heterocycles. The first-order valence-corrected chi connectivity index (χ1v) is 5.92. The number of ketones is 1. The van der Waals surface area contributed by atoms with Gasteiger partial charge in [-0.25, -0.2) is 0 Å². The SMILES string of the molecule is CCn1cc(C(=O)C2(OC)CCOCC2)cn1. The Balaban J connectivity index is 2.21. The van der Waals surface area contributed by atoms with Crippen LogP contribution in [0, 0.1) is 0 Å². The summed E-state index contributed by atoms with van der Waals surface area (Å²) in [6.07, 6.45) is 4.61. The minimum absolute atomic E-state index is 0.0167. The lowest BCUT2D eigenvalue weighted by Gasteiger charge is -2.33. The zero-order valence-electron chi connectivity index (χ0n) is 10.3. The van der Waals surface area contributed by atoms with E-state index in [2.05, 4.69) is 5.10 Å². The fourth-order valence-corrected chi connectivity index (χ4v) is 2.14. The predicted octanol–water partition coefficient (Wildman–Crippen LogP) is 1.28. The van der Waals surface area contributed by atoms with E-state index in [1.165, 1.54) is 0 Å². The van der Waals surface area contributed by atoms with Gasteiger partial charge in [-0.3, -0.25) is 9.48 Å². The van der Waals surface area contributed by atoms with Crippen molar-refractivity contribution in [1.82, 2.24) is 9.78 Å². The number of carbonyl (C=O) groups excluding carboxylic acids is 1. The molecule has 0 radical (unpaired) electrons. The summed E-state index contributed by atoms with van der Waals surface area (Å²) in [6.45, 7) is 3.89. The molecule has 0 unspecified atom stereocenters. The van der Waals surface area contributed by atoms with Crippen LogP contribution in [0.5, 0.6) is 0 Å². The summed E-state index contributed by atoms with van der Waals surface area (Å²) in [5, 5.41) is 4.13. The highest BCUT2D eigenvalue weighted by Crippen LogP contribution is 2.28. The number of hydrogen-bond donors (Lipinski definition) is 0. The third-order valence-electron chi connectivity index (χ3n) is 3.32. The lowest BCUT2D eigenvalue weighted by Crippen LogP contribution is -2.45. The standard InChI is InChI=1S/C12H18N2O3/c1-3-14-9-10(8-13-14)11(15)12(16-2)4-6-17-7-5-12/h8-9H,3-7H2,1-2H3. The van der Waals surface area contributed by atoms with Crippen LogP contribution in [0.15, 0.2) is 12.4 Å². The highest BCUT2D eigenvalue weighted by Gasteiger charge is 2.41. The van der Waals surface area contributed by atoms with E-state index in [1.807, 2.05) is 6.92 Å². The minimum atomic E-state index is -0.722. The Morgan fingerprint density at radius 1 is 1.59 bits per heavy atom. The Kier molecular flexibility index (Phi) is 3.59. The van der Waals surface area contributed by atoms with Gasteiger partial charge >= 0.3 is 0 Å². The lowest BCUT2D eigenvalue weighted by molar-refractivity contribution is -0.0663. The van der Waals surface area contributed by atoms with Crippen LogP contribution < -0.4 is 0 Å². The number of aryl methyl sites for hydroxylation is 1. The first-order valence-electron chi connectivity index (χ1n) is 5.92. The van der Waals surface area contributed by atoms with Crippen LogP contribution in [-0.4, -0.2) is 41.5 Å². The zero-order valence-corrected chi connectivity index (χ0v) is 10.3. The number of aromatic nitrogens is 2. The van der Waals surface area contributed by atoms with Crippen molar-refractivity contribution in [2.24, 2.45) is 0 Å². The molecule has 0 atom stereocenters. The quantitative estimate of drug-likeness (QED) is 0.741. The van der Waals surface area contributed by atoms with E-state index in [-0.39, 0.29) is 5.78 Å². The van der Waals surface area contributed by atoms with Gasteiger partial charge in [-0.05, 0) is 6.92 Å². The van der Waals surface area contributed by atoms with Crippen LogP contribution in [0.3, 0.4) is 0 Å². The van der Waals surface area contributed by atoms with Crippen molar-refractivity contribution in [2.45, 2.75) is 31.9 Å². The second-order valence-electron chi connectivity index (χ2n) is 4.22. The Morgan fingerprint density at radius 3 is 2.82 bits per heavy atom. The number of nitrogens with zero attached hydrogens (tertiary/aromatic N) is 2. The van der Waals surface area contributed by atoms with Crippen molar-refractivity contribution in [3.63, 3.8) is 0 Å². The van der Waals surface area contributed by atoms with E-state index in [4.69, 9.17) is 9.47 Å². The Morgan fingerprint density at radius 2 is 2.29 bits per heavy atom. The number of carbonyl (C=O) groups is 1. The van der Waals surface area contributed by atoms with Crippen molar-refractivity contribution in [3.8, 4) is 0 Å². The molecule has 5 heteroatoms. The third-order valence-corrected chi connectivity index (χ3v) is 3.32. The van der Waals surface area contributed by atoms with E-state index in [1.54, 1.807) is 24.2 Å². The normalized spacial score (nSPS) is 19.2. The van der Waals surface area contributed by atoms with Crippen molar-refractivity contribution >= 4 is 5.78 Å². The Bertz CT molecular complexity index is 394. The molecule has 1 fully saturated rings. The number of Topliss-reactive ketones (excluding diaryl/α,β-unsaturated/α-hetero) is 1.